The second-order valence-corrected chi connectivity index (χ2v) is 3.37. The lowest BCUT2D eigenvalue weighted by molar-refractivity contribution is 0.0815. The molecular weight excluding hydrogens is 126 g/mol. The van der Waals surface area contributed by atoms with Crippen LogP contribution in [0.3, 0.4) is 0 Å². The van der Waals surface area contributed by atoms with Crippen LogP contribution in [0.5, 0.6) is 0 Å². The van der Waals surface area contributed by atoms with E-state index in [1.807, 2.05) is 0 Å². The summed E-state index contributed by atoms with van der Waals surface area (Å²) in [5.74, 6) is 0. The van der Waals surface area contributed by atoms with Crippen LogP contribution >= 0.6 is 0 Å². The second kappa shape index (κ2) is 4.69. The Morgan fingerprint density at radius 3 is 2.40 bits per heavy atom. The van der Waals surface area contributed by atoms with Crippen molar-refractivity contribution in [2.45, 2.75) is 33.6 Å². The molecule has 0 rings (SSSR count). The summed E-state index contributed by atoms with van der Waals surface area (Å²) in [7, 11) is 1.65. The van der Waals surface area contributed by atoms with Crippen molar-refractivity contribution >= 4 is 0 Å². The van der Waals surface area contributed by atoms with E-state index < -0.39 is 0 Å². The van der Waals surface area contributed by atoms with E-state index in [9.17, 15) is 0 Å². The molecule has 2 heteroatoms. The summed E-state index contributed by atoms with van der Waals surface area (Å²) < 4.78 is 0. The number of hydrogen-bond acceptors (Lipinski definition) is 2. The first kappa shape index (κ1) is 9.92. The fourth-order valence-corrected chi connectivity index (χ4v) is 0.668. The van der Waals surface area contributed by atoms with Crippen molar-refractivity contribution in [3.63, 3.8) is 0 Å². The van der Waals surface area contributed by atoms with E-state index in [4.69, 9.17) is 4.84 Å². The first-order valence-electron chi connectivity index (χ1n) is 3.88. The molecule has 0 aliphatic carbocycles. The smallest absolute Gasteiger partial charge is 0.0572 e. The van der Waals surface area contributed by atoms with Gasteiger partial charge in [0.1, 0.15) is 0 Å². The van der Waals surface area contributed by atoms with Crippen LogP contribution in [0.15, 0.2) is 0 Å². The fraction of sp³-hybridized carbons (Fsp3) is 1.00. The van der Waals surface area contributed by atoms with Crippen molar-refractivity contribution in [3.05, 3.63) is 0 Å². The minimum atomic E-state index is 0.450. The monoisotopic (exact) mass is 145 g/mol. The molecule has 62 valence electrons. The molecule has 10 heavy (non-hydrogen) atoms. The summed E-state index contributed by atoms with van der Waals surface area (Å²) >= 11 is 0. The van der Waals surface area contributed by atoms with Gasteiger partial charge in [0.15, 0.2) is 0 Å². The fourth-order valence-electron chi connectivity index (χ4n) is 0.668. The van der Waals surface area contributed by atoms with Gasteiger partial charge in [-0.25, -0.2) is 5.48 Å². The van der Waals surface area contributed by atoms with Gasteiger partial charge in [-0.1, -0.05) is 27.2 Å². The molecule has 0 aliphatic rings. The van der Waals surface area contributed by atoms with Gasteiger partial charge >= 0.3 is 0 Å². The molecule has 0 bridgehead atoms. The molecule has 0 unspecified atom stereocenters. The van der Waals surface area contributed by atoms with Gasteiger partial charge < -0.3 is 4.84 Å². The highest BCUT2D eigenvalue weighted by atomic mass is 16.6. The lowest BCUT2D eigenvalue weighted by Gasteiger charge is -2.21. The first-order chi connectivity index (χ1) is 4.62. The lowest BCUT2D eigenvalue weighted by Crippen LogP contribution is -2.20. The Balaban J connectivity index is 3.28. The average molecular weight is 145 g/mol. The first-order valence-corrected chi connectivity index (χ1v) is 3.88. The SMILES string of the molecule is CCC(C)(C)CCNOC. The van der Waals surface area contributed by atoms with Crippen LogP contribution in [0.4, 0.5) is 0 Å². The van der Waals surface area contributed by atoms with Gasteiger partial charge in [0.2, 0.25) is 0 Å². The largest absolute Gasteiger partial charge is 0.305 e. The third-order valence-corrected chi connectivity index (χ3v) is 2.01. The highest BCUT2D eigenvalue weighted by Crippen LogP contribution is 2.23. The molecule has 0 spiro atoms. The Labute approximate surface area is 63.9 Å². The molecule has 0 aromatic heterocycles. The quantitative estimate of drug-likeness (QED) is 0.471. The Bertz CT molecular complexity index is 81.3. The molecule has 0 aromatic carbocycles. The Morgan fingerprint density at radius 1 is 1.40 bits per heavy atom. The predicted octanol–water partition coefficient (Wildman–Crippen LogP) is 1.96. The minimum absolute atomic E-state index is 0.450. The zero-order valence-corrected chi connectivity index (χ0v) is 7.53. The third kappa shape index (κ3) is 4.77. The van der Waals surface area contributed by atoms with Gasteiger partial charge in [-0.3, -0.25) is 0 Å². The molecule has 0 saturated carbocycles. The van der Waals surface area contributed by atoms with Crippen molar-refractivity contribution in [2.75, 3.05) is 13.7 Å². The summed E-state index contributed by atoms with van der Waals surface area (Å²) in [6, 6.07) is 0. The summed E-state index contributed by atoms with van der Waals surface area (Å²) in [5.41, 5.74) is 3.29. The van der Waals surface area contributed by atoms with E-state index in [0.29, 0.717) is 5.41 Å². The van der Waals surface area contributed by atoms with Crippen molar-refractivity contribution in [1.82, 2.24) is 5.48 Å². The highest BCUT2D eigenvalue weighted by Gasteiger charge is 2.13. The highest BCUT2D eigenvalue weighted by molar-refractivity contribution is 4.65. The maximum absolute atomic E-state index is 4.73. The predicted molar refractivity (Wildman–Crippen MR) is 43.7 cm³/mol. The summed E-state index contributed by atoms with van der Waals surface area (Å²) in [6.07, 6.45) is 2.38. The van der Waals surface area contributed by atoms with Gasteiger partial charge in [-0.05, 0) is 11.8 Å². The van der Waals surface area contributed by atoms with E-state index in [-0.39, 0.29) is 0 Å². The Morgan fingerprint density at radius 2 is 2.00 bits per heavy atom. The molecule has 0 aliphatic heterocycles. The Hall–Kier alpha value is -0.0800. The van der Waals surface area contributed by atoms with E-state index >= 15 is 0 Å². The molecule has 2 nitrogen and oxygen atoms in total. The maximum atomic E-state index is 4.73. The average Bonchev–Trinajstić information content (AvgIpc) is 1.89. The molecule has 0 radical (unpaired) electrons. The zero-order valence-electron chi connectivity index (χ0n) is 7.53. The number of rotatable bonds is 5. The number of hydrogen-bond donors (Lipinski definition) is 1. The van der Waals surface area contributed by atoms with Crippen LogP contribution < -0.4 is 5.48 Å². The van der Waals surface area contributed by atoms with Crippen molar-refractivity contribution in [2.24, 2.45) is 5.41 Å². The summed E-state index contributed by atoms with van der Waals surface area (Å²) in [4.78, 5) is 4.73. The van der Waals surface area contributed by atoms with E-state index in [2.05, 4.69) is 26.3 Å². The molecule has 0 saturated heterocycles. The van der Waals surface area contributed by atoms with Gasteiger partial charge in [0.25, 0.3) is 0 Å². The van der Waals surface area contributed by atoms with Crippen LogP contribution in [0.25, 0.3) is 0 Å². The number of nitrogens with one attached hydrogen (secondary N) is 1. The van der Waals surface area contributed by atoms with Crippen molar-refractivity contribution in [3.8, 4) is 0 Å². The zero-order chi connectivity index (χ0) is 8.04. The summed E-state index contributed by atoms with van der Waals surface area (Å²) in [5, 5.41) is 0. The summed E-state index contributed by atoms with van der Waals surface area (Å²) in [6.45, 7) is 7.69. The Kier molecular flexibility index (Phi) is 4.65. The normalized spacial score (nSPS) is 12.0. The van der Waals surface area contributed by atoms with E-state index in [1.54, 1.807) is 7.11 Å². The molecule has 0 aromatic rings. The van der Waals surface area contributed by atoms with Gasteiger partial charge in [-0.2, -0.15) is 0 Å². The minimum Gasteiger partial charge on any atom is -0.305 e. The van der Waals surface area contributed by atoms with Gasteiger partial charge in [0.05, 0.1) is 7.11 Å². The van der Waals surface area contributed by atoms with E-state index in [1.165, 1.54) is 6.42 Å². The van der Waals surface area contributed by atoms with Crippen LogP contribution in [0.2, 0.25) is 0 Å². The van der Waals surface area contributed by atoms with Crippen LogP contribution in [0, 0.1) is 5.41 Å². The van der Waals surface area contributed by atoms with Crippen LogP contribution in [-0.2, 0) is 4.84 Å². The number of hydroxylamine groups is 1. The topological polar surface area (TPSA) is 21.3 Å². The van der Waals surface area contributed by atoms with Crippen molar-refractivity contribution in [1.29, 1.82) is 0 Å². The third-order valence-electron chi connectivity index (χ3n) is 2.01. The molecule has 1 N–H and O–H groups in total. The molecule has 0 fully saturated rings. The lowest BCUT2D eigenvalue weighted by atomic mass is 9.87. The standard InChI is InChI=1S/C8H19NO/c1-5-8(2,3)6-7-9-10-4/h9H,5-7H2,1-4H3. The molecule has 0 atom stereocenters. The van der Waals surface area contributed by atoms with Crippen molar-refractivity contribution < 1.29 is 4.84 Å². The van der Waals surface area contributed by atoms with Crippen LogP contribution in [-0.4, -0.2) is 13.7 Å². The molecular formula is C8H19NO. The second-order valence-electron chi connectivity index (χ2n) is 3.37. The van der Waals surface area contributed by atoms with Crippen LogP contribution in [0.1, 0.15) is 33.6 Å². The molecule has 0 amide bonds. The molecule has 0 heterocycles. The van der Waals surface area contributed by atoms with Gasteiger partial charge in [-0.15, -0.1) is 0 Å². The maximum Gasteiger partial charge on any atom is 0.0572 e. The van der Waals surface area contributed by atoms with Gasteiger partial charge in [0, 0.05) is 6.54 Å². The van der Waals surface area contributed by atoms with E-state index in [0.717, 1.165) is 13.0 Å².